The number of hydrogen-bond donors (Lipinski definition) is 1. The van der Waals surface area contributed by atoms with Crippen LogP contribution in [-0.4, -0.2) is 12.6 Å². The number of benzene rings is 2. The molecule has 0 radical (unpaired) electrons. The van der Waals surface area contributed by atoms with E-state index in [2.05, 4.69) is 47.8 Å². The molecule has 1 heteroatoms. The van der Waals surface area contributed by atoms with Crippen LogP contribution in [0, 0.1) is 0 Å². The Bertz CT molecular complexity index is 471. The van der Waals surface area contributed by atoms with Gasteiger partial charge in [0.15, 0.2) is 0 Å². The normalized spacial score (nSPS) is 20.1. The van der Waals surface area contributed by atoms with E-state index in [0.717, 1.165) is 0 Å². The lowest BCUT2D eigenvalue weighted by atomic mass is 9.96. The van der Waals surface area contributed by atoms with Crippen molar-refractivity contribution in [1.29, 1.82) is 0 Å². The summed E-state index contributed by atoms with van der Waals surface area (Å²) in [5, 5.41) is 6.13. The highest BCUT2D eigenvalue weighted by Gasteiger charge is 2.16. The van der Waals surface area contributed by atoms with E-state index in [0.29, 0.717) is 6.04 Å². The summed E-state index contributed by atoms with van der Waals surface area (Å²) in [5.41, 5.74) is 1.45. The predicted octanol–water partition coefficient (Wildman–Crippen LogP) is 2.74. The maximum absolute atomic E-state index is 3.44. The Balaban J connectivity index is 1.91. The van der Waals surface area contributed by atoms with Gasteiger partial charge in [-0.3, -0.25) is 0 Å². The van der Waals surface area contributed by atoms with Gasteiger partial charge in [0.05, 0.1) is 0 Å². The molecule has 1 nitrogen and oxygen atoms in total. The molecule has 0 saturated carbocycles. The van der Waals surface area contributed by atoms with Crippen LogP contribution >= 0.6 is 0 Å². The van der Waals surface area contributed by atoms with E-state index in [1.54, 1.807) is 0 Å². The second kappa shape index (κ2) is 3.67. The zero-order valence-electron chi connectivity index (χ0n) is 8.74. The van der Waals surface area contributed by atoms with Crippen LogP contribution in [-0.2, 0) is 6.42 Å². The van der Waals surface area contributed by atoms with E-state index in [4.69, 9.17) is 0 Å². The molecular weight excluding hydrogens is 182 g/mol. The maximum atomic E-state index is 3.44. The van der Waals surface area contributed by atoms with Crippen LogP contribution in [0.2, 0.25) is 0 Å². The molecule has 76 valence electrons. The van der Waals surface area contributed by atoms with Gasteiger partial charge < -0.3 is 5.32 Å². The molecule has 1 aliphatic heterocycles. The highest BCUT2D eigenvalue weighted by atomic mass is 15.0. The topological polar surface area (TPSA) is 12.0 Å². The average Bonchev–Trinajstić information content (AvgIpc) is 2.23. The van der Waals surface area contributed by atoms with Gasteiger partial charge in [-0.2, -0.15) is 0 Å². The Labute approximate surface area is 90.1 Å². The van der Waals surface area contributed by atoms with Crippen LogP contribution in [0.15, 0.2) is 42.5 Å². The zero-order valence-corrected chi connectivity index (χ0v) is 8.74. The first kappa shape index (κ1) is 8.93. The fraction of sp³-hybridized carbons (Fsp3) is 0.286. The minimum atomic E-state index is 0.714. The van der Waals surface area contributed by atoms with Gasteiger partial charge in [0.2, 0.25) is 0 Å². The fourth-order valence-electron chi connectivity index (χ4n) is 2.17. The van der Waals surface area contributed by atoms with Crippen molar-refractivity contribution in [2.45, 2.75) is 18.9 Å². The van der Waals surface area contributed by atoms with E-state index in [-0.39, 0.29) is 0 Å². The van der Waals surface area contributed by atoms with Crippen molar-refractivity contribution in [2.24, 2.45) is 0 Å². The van der Waals surface area contributed by atoms with Gasteiger partial charge >= 0.3 is 0 Å². The SMILES string of the molecule is c1ccc2cc(CC3CCN3)ccc2c1. The molecule has 0 bridgehead atoms. The number of hydrogen-bond acceptors (Lipinski definition) is 1. The van der Waals surface area contributed by atoms with E-state index in [9.17, 15) is 0 Å². The minimum absolute atomic E-state index is 0.714. The maximum Gasteiger partial charge on any atom is 0.0120 e. The van der Waals surface area contributed by atoms with Crippen molar-refractivity contribution in [3.05, 3.63) is 48.0 Å². The van der Waals surface area contributed by atoms with Gasteiger partial charge in [0, 0.05) is 6.04 Å². The molecule has 1 aliphatic rings. The lowest BCUT2D eigenvalue weighted by Gasteiger charge is -2.27. The first-order chi connectivity index (χ1) is 7.42. The van der Waals surface area contributed by atoms with E-state index in [1.807, 2.05) is 0 Å². The van der Waals surface area contributed by atoms with E-state index < -0.39 is 0 Å². The molecule has 1 fully saturated rings. The summed E-state index contributed by atoms with van der Waals surface area (Å²) < 4.78 is 0. The average molecular weight is 197 g/mol. The Morgan fingerprint density at radius 2 is 1.87 bits per heavy atom. The van der Waals surface area contributed by atoms with Crippen LogP contribution < -0.4 is 5.32 Å². The van der Waals surface area contributed by atoms with E-state index in [1.165, 1.54) is 35.7 Å². The third-order valence-electron chi connectivity index (χ3n) is 3.22. The number of rotatable bonds is 2. The lowest BCUT2D eigenvalue weighted by molar-refractivity contribution is 0.369. The van der Waals surface area contributed by atoms with E-state index >= 15 is 0 Å². The van der Waals surface area contributed by atoms with Crippen LogP contribution in [0.3, 0.4) is 0 Å². The van der Waals surface area contributed by atoms with Crippen LogP contribution in [0.5, 0.6) is 0 Å². The molecule has 1 unspecified atom stereocenters. The van der Waals surface area contributed by atoms with Crippen LogP contribution in [0.1, 0.15) is 12.0 Å². The quantitative estimate of drug-likeness (QED) is 0.780. The van der Waals surface area contributed by atoms with Gasteiger partial charge in [-0.15, -0.1) is 0 Å². The van der Waals surface area contributed by atoms with Crippen molar-refractivity contribution < 1.29 is 0 Å². The lowest BCUT2D eigenvalue weighted by Crippen LogP contribution is -2.44. The van der Waals surface area contributed by atoms with Crippen molar-refractivity contribution in [1.82, 2.24) is 5.32 Å². The predicted molar refractivity (Wildman–Crippen MR) is 64.1 cm³/mol. The molecule has 0 spiro atoms. The Morgan fingerprint density at radius 3 is 2.60 bits per heavy atom. The molecule has 15 heavy (non-hydrogen) atoms. The summed E-state index contributed by atoms with van der Waals surface area (Å²) in [6.07, 6.45) is 2.50. The summed E-state index contributed by atoms with van der Waals surface area (Å²) in [4.78, 5) is 0. The molecule has 1 heterocycles. The summed E-state index contributed by atoms with van der Waals surface area (Å²) in [6.45, 7) is 1.19. The standard InChI is InChI=1S/C14H15N/c1-2-4-13-9-11(5-6-12(13)3-1)10-14-7-8-15-14/h1-6,9,14-15H,7-8,10H2. The molecule has 0 amide bonds. The molecule has 3 rings (SSSR count). The minimum Gasteiger partial charge on any atom is -0.314 e. The molecular formula is C14H15N. The van der Waals surface area contributed by atoms with Gasteiger partial charge in [-0.1, -0.05) is 42.5 Å². The van der Waals surface area contributed by atoms with Gasteiger partial charge in [0.1, 0.15) is 0 Å². The first-order valence-corrected chi connectivity index (χ1v) is 5.63. The molecule has 0 aromatic heterocycles. The zero-order chi connectivity index (χ0) is 10.1. The van der Waals surface area contributed by atoms with Crippen molar-refractivity contribution in [3.63, 3.8) is 0 Å². The molecule has 2 aromatic rings. The summed E-state index contributed by atoms with van der Waals surface area (Å²) in [7, 11) is 0. The molecule has 0 aliphatic carbocycles. The number of nitrogens with one attached hydrogen (secondary N) is 1. The largest absolute Gasteiger partial charge is 0.314 e. The molecule has 2 aromatic carbocycles. The second-order valence-electron chi connectivity index (χ2n) is 4.33. The van der Waals surface area contributed by atoms with Crippen molar-refractivity contribution in [3.8, 4) is 0 Å². The smallest absolute Gasteiger partial charge is 0.0120 e. The molecule has 1 saturated heterocycles. The molecule has 1 atom stereocenters. The van der Waals surface area contributed by atoms with Gasteiger partial charge in [-0.25, -0.2) is 0 Å². The second-order valence-corrected chi connectivity index (χ2v) is 4.33. The van der Waals surface area contributed by atoms with Crippen molar-refractivity contribution in [2.75, 3.05) is 6.54 Å². The third-order valence-corrected chi connectivity index (χ3v) is 3.22. The number of fused-ring (bicyclic) bond motifs is 1. The molecule has 1 N–H and O–H groups in total. The van der Waals surface area contributed by atoms with Crippen LogP contribution in [0.4, 0.5) is 0 Å². The Morgan fingerprint density at radius 1 is 1.07 bits per heavy atom. The third kappa shape index (κ3) is 1.75. The highest BCUT2D eigenvalue weighted by Crippen LogP contribution is 2.18. The van der Waals surface area contributed by atoms with Crippen molar-refractivity contribution >= 4 is 10.8 Å². The van der Waals surface area contributed by atoms with Crippen LogP contribution in [0.25, 0.3) is 10.8 Å². The monoisotopic (exact) mass is 197 g/mol. The van der Waals surface area contributed by atoms with Gasteiger partial charge in [-0.05, 0) is 35.7 Å². The fourth-order valence-corrected chi connectivity index (χ4v) is 2.17. The Kier molecular flexibility index (Phi) is 2.18. The Hall–Kier alpha value is -1.34. The summed E-state index contributed by atoms with van der Waals surface area (Å²) >= 11 is 0. The summed E-state index contributed by atoms with van der Waals surface area (Å²) in [6, 6.07) is 16.1. The van der Waals surface area contributed by atoms with Gasteiger partial charge in [0.25, 0.3) is 0 Å². The summed E-state index contributed by atoms with van der Waals surface area (Å²) in [5.74, 6) is 0. The highest BCUT2D eigenvalue weighted by molar-refractivity contribution is 5.82. The first-order valence-electron chi connectivity index (χ1n) is 5.63.